The third-order valence-electron chi connectivity index (χ3n) is 6.03. The molecule has 2 bridgehead atoms. The number of nitrogens with zero attached hydrogens (tertiary/aromatic N) is 1. The summed E-state index contributed by atoms with van der Waals surface area (Å²) < 4.78 is 58.0. The number of alkyl halides is 3. The summed E-state index contributed by atoms with van der Waals surface area (Å²) in [4.78, 5) is 14.8. The Labute approximate surface area is 181 Å². The van der Waals surface area contributed by atoms with Gasteiger partial charge >= 0.3 is 6.36 Å². The molecule has 1 saturated carbocycles. The van der Waals surface area contributed by atoms with E-state index < -0.39 is 13.0 Å². The quantitative estimate of drug-likeness (QED) is 0.434. The van der Waals surface area contributed by atoms with Gasteiger partial charge in [0.2, 0.25) is 0 Å². The molecule has 0 N–H and O–H groups in total. The molecule has 5 rings (SSSR count). The van der Waals surface area contributed by atoms with Gasteiger partial charge in [-0.05, 0) is 55.2 Å². The van der Waals surface area contributed by atoms with Crippen molar-refractivity contribution in [3.05, 3.63) is 64.4 Å². The summed E-state index contributed by atoms with van der Waals surface area (Å²) in [6, 6.07) is 11.2. The van der Waals surface area contributed by atoms with Gasteiger partial charge in [-0.1, -0.05) is 23.7 Å². The lowest BCUT2D eigenvalue weighted by Crippen LogP contribution is -2.61. The van der Waals surface area contributed by atoms with Crippen molar-refractivity contribution in [3.8, 4) is 5.75 Å². The molecule has 3 aliphatic rings. The van der Waals surface area contributed by atoms with Crippen LogP contribution in [0.3, 0.4) is 0 Å². The number of fused-ring (bicyclic) bond motifs is 2. The molecule has 1 aliphatic carbocycles. The highest BCUT2D eigenvalue weighted by atomic mass is 35.5. The van der Waals surface area contributed by atoms with E-state index in [1.54, 1.807) is 6.07 Å². The number of hydrogen-bond donors (Lipinski definition) is 0. The summed E-state index contributed by atoms with van der Waals surface area (Å²) in [6.45, 7) is -0.399. The van der Waals surface area contributed by atoms with Crippen LogP contribution in [0.15, 0.2) is 42.5 Å². The first kappa shape index (κ1) is 21.9. The fraction of sp³-hybridized carbons (Fsp3) is 0.409. The normalized spacial score (nSPS) is 22.7. The average Bonchev–Trinajstić information content (AvgIpc) is 2.70. The molecule has 0 aromatic heterocycles. The summed E-state index contributed by atoms with van der Waals surface area (Å²) in [5.74, 6) is -0.228. The average molecular weight is 458 g/mol. The molecule has 2 heterocycles. The molecular formula is C22H20ClF4NO3. The Balaban J connectivity index is 1.35. The van der Waals surface area contributed by atoms with Crippen molar-refractivity contribution in [1.82, 2.24) is 4.90 Å². The molecule has 2 aromatic rings. The fourth-order valence-corrected chi connectivity index (χ4v) is 4.70. The molecule has 1 amide bonds. The predicted octanol–water partition coefficient (Wildman–Crippen LogP) is 5.34. The van der Waals surface area contributed by atoms with Gasteiger partial charge in [-0.15, -0.1) is 13.2 Å². The van der Waals surface area contributed by atoms with E-state index in [9.17, 15) is 22.4 Å². The highest BCUT2D eigenvalue weighted by molar-refractivity contribution is 6.32. The van der Waals surface area contributed by atoms with Crippen LogP contribution in [0, 0.1) is 5.82 Å². The maximum atomic E-state index is 13.2. The number of amides is 1. The zero-order valence-corrected chi connectivity index (χ0v) is 17.2. The zero-order valence-electron chi connectivity index (χ0n) is 16.4. The number of benzene rings is 2. The van der Waals surface area contributed by atoms with E-state index in [2.05, 4.69) is 4.74 Å². The predicted molar refractivity (Wildman–Crippen MR) is 106 cm³/mol. The molecule has 2 saturated heterocycles. The standard InChI is InChI=1S/C22H20ClF4NO3/c23-18-11-14(1-6-19(18)30-9-10-31-22(25,26)27)20(29)28-8-7-21(12-17(28)13-21)15-2-4-16(24)5-3-15/h1-6,11,17H,7-10,12-13H2. The Bertz CT molecular complexity index is 953. The van der Waals surface area contributed by atoms with Gasteiger partial charge in [0.05, 0.1) is 11.6 Å². The number of ether oxygens (including phenoxy) is 2. The second-order valence-corrected chi connectivity index (χ2v) is 8.29. The second-order valence-electron chi connectivity index (χ2n) is 7.89. The first-order valence-electron chi connectivity index (χ1n) is 9.87. The Hall–Kier alpha value is -2.32. The van der Waals surface area contributed by atoms with Gasteiger partial charge in [-0.25, -0.2) is 4.39 Å². The van der Waals surface area contributed by atoms with Crippen LogP contribution in [0.1, 0.15) is 35.2 Å². The van der Waals surface area contributed by atoms with E-state index in [4.69, 9.17) is 16.3 Å². The van der Waals surface area contributed by atoms with Crippen LogP contribution in [0.4, 0.5) is 17.6 Å². The molecule has 9 heteroatoms. The van der Waals surface area contributed by atoms with Crippen molar-refractivity contribution >= 4 is 17.5 Å². The summed E-state index contributed by atoms with van der Waals surface area (Å²) in [7, 11) is 0. The minimum Gasteiger partial charge on any atom is -0.490 e. The molecule has 0 atom stereocenters. The monoisotopic (exact) mass is 457 g/mol. The van der Waals surface area contributed by atoms with Gasteiger partial charge in [0.1, 0.15) is 18.2 Å². The third-order valence-corrected chi connectivity index (χ3v) is 6.32. The van der Waals surface area contributed by atoms with Gasteiger partial charge < -0.3 is 9.64 Å². The summed E-state index contributed by atoms with van der Waals surface area (Å²) in [5, 5.41) is 0.143. The number of hydrogen-bond acceptors (Lipinski definition) is 3. The molecule has 166 valence electrons. The number of piperidine rings is 2. The molecule has 2 aromatic carbocycles. The minimum atomic E-state index is -4.71. The van der Waals surface area contributed by atoms with Crippen molar-refractivity contribution in [2.45, 2.75) is 37.1 Å². The second kappa shape index (κ2) is 8.31. The highest BCUT2D eigenvalue weighted by Gasteiger charge is 2.52. The maximum absolute atomic E-state index is 13.2. The van der Waals surface area contributed by atoms with Crippen LogP contribution in [0.5, 0.6) is 5.75 Å². The topological polar surface area (TPSA) is 38.8 Å². The largest absolute Gasteiger partial charge is 0.522 e. The third kappa shape index (κ3) is 4.65. The molecule has 0 unspecified atom stereocenters. The SMILES string of the molecule is O=C(c1ccc(OCCOC(F)(F)F)c(Cl)c1)N1CCC2(c3ccc(F)cc3)CC1C2. The summed E-state index contributed by atoms with van der Waals surface area (Å²) in [6.07, 6.45) is -2.25. The number of carbonyl (C=O) groups is 1. The maximum Gasteiger partial charge on any atom is 0.522 e. The van der Waals surface area contributed by atoms with Crippen LogP contribution < -0.4 is 4.74 Å². The summed E-state index contributed by atoms with van der Waals surface area (Å²) in [5.41, 5.74) is 1.50. The fourth-order valence-electron chi connectivity index (χ4n) is 4.46. The van der Waals surface area contributed by atoms with Crippen molar-refractivity contribution < 1.29 is 31.8 Å². The van der Waals surface area contributed by atoms with Crippen molar-refractivity contribution in [2.24, 2.45) is 0 Å². The lowest BCUT2D eigenvalue weighted by Gasteiger charge is -2.58. The Morgan fingerprint density at radius 1 is 1.13 bits per heavy atom. The zero-order chi connectivity index (χ0) is 22.2. The van der Waals surface area contributed by atoms with Gasteiger partial charge in [-0.2, -0.15) is 0 Å². The van der Waals surface area contributed by atoms with E-state index in [1.807, 2.05) is 17.0 Å². The molecule has 3 fully saturated rings. The highest BCUT2D eigenvalue weighted by Crippen LogP contribution is 2.52. The first-order valence-corrected chi connectivity index (χ1v) is 10.2. The minimum absolute atomic E-state index is 0.00295. The lowest BCUT2D eigenvalue weighted by atomic mass is 9.57. The van der Waals surface area contributed by atoms with Crippen molar-refractivity contribution in [2.75, 3.05) is 19.8 Å². The number of halogens is 5. The molecule has 2 aliphatic heterocycles. The van der Waals surface area contributed by atoms with Crippen LogP contribution >= 0.6 is 11.6 Å². The Kier molecular flexibility index (Phi) is 5.87. The first-order chi connectivity index (χ1) is 14.7. The van der Waals surface area contributed by atoms with E-state index in [0.717, 1.165) is 24.8 Å². The van der Waals surface area contributed by atoms with Crippen LogP contribution in [0.25, 0.3) is 0 Å². The van der Waals surface area contributed by atoms with E-state index >= 15 is 0 Å². The van der Waals surface area contributed by atoms with Gasteiger partial charge in [0.15, 0.2) is 0 Å². The van der Waals surface area contributed by atoms with Gasteiger partial charge in [-0.3, -0.25) is 9.53 Å². The number of rotatable bonds is 6. The van der Waals surface area contributed by atoms with Crippen molar-refractivity contribution in [1.29, 1.82) is 0 Å². The summed E-state index contributed by atoms with van der Waals surface area (Å²) >= 11 is 6.15. The Morgan fingerprint density at radius 3 is 2.42 bits per heavy atom. The lowest BCUT2D eigenvalue weighted by molar-refractivity contribution is -0.325. The van der Waals surface area contributed by atoms with Crippen LogP contribution in [-0.2, 0) is 10.2 Å². The smallest absolute Gasteiger partial charge is 0.490 e. The van der Waals surface area contributed by atoms with Gasteiger partial charge in [0.25, 0.3) is 5.91 Å². The number of carbonyl (C=O) groups excluding carboxylic acids is 1. The molecule has 4 nitrogen and oxygen atoms in total. The van der Waals surface area contributed by atoms with Crippen LogP contribution in [0.2, 0.25) is 5.02 Å². The van der Waals surface area contributed by atoms with Crippen LogP contribution in [-0.4, -0.2) is 43.0 Å². The van der Waals surface area contributed by atoms with Gasteiger partial charge in [0, 0.05) is 23.6 Å². The van der Waals surface area contributed by atoms with E-state index in [0.29, 0.717) is 12.1 Å². The Morgan fingerprint density at radius 2 is 1.84 bits per heavy atom. The van der Waals surface area contributed by atoms with Crippen molar-refractivity contribution in [3.63, 3.8) is 0 Å². The van der Waals surface area contributed by atoms with E-state index in [1.165, 1.54) is 24.3 Å². The molecule has 0 radical (unpaired) electrons. The molecule has 31 heavy (non-hydrogen) atoms. The van der Waals surface area contributed by atoms with E-state index in [-0.39, 0.29) is 40.6 Å². The molecule has 0 spiro atoms. The molecular weight excluding hydrogens is 438 g/mol.